The van der Waals surface area contributed by atoms with E-state index in [0.29, 0.717) is 18.0 Å². The van der Waals surface area contributed by atoms with E-state index in [-0.39, 0.29) is 6.23 Å². The smallest absolute Gasteiger partial charge is 0.206 e. The summed E-state index contributed by atoms with van der Waals surface area (Å²) < 4.78 is 2.44. The Morgan fingerprint density at radius 3 is 2.41 bits per heavy atom. The maximum Gasteiger partial charge on any atom is 0.206 e. The Morgan fingerprint density at radius 1 is 1.10 bits per heavy atom. The first kappa shape index (κ1) is 20.7. The second-order valence-corrected chi connectivity index (χ2v) is 9.38. The molecule has 4 rings (SSSR count). The van der Waals surface area contributed by atoms with Crippen LogP contribution in [0.2, 0.25) is 0 Å². The number of hydrogen-bond donors (Lipinski definition) is 2. The van der Waals surface area contributed by atoms with Gasteiger partial charge in [0.25, 0.3) is 0 Å². The van der Waals surface area contributed by atoms with E-state index < -0.39 is 0 Å². The van der Waals surface area contributed by atoms with E-state index in [2.05, 4.69) is 54.6 Å². The minimum atomic E-state index is -0.362. The van der Waals surface area contributed by atoms with Crippen LogP contribution in [-0.4, -0.2) is 40.0 Å². The van der Waals surface area contributed by atoms with Gasteiger partial charge in [-0.25, -0.2) is 4.98 Å². The van der Waals surface area contributed by atoms with Crippen molar-refractivity contribution >= 4 is 17.0 Å². The summed E-state index contributed by atoms with van der Waals surface area (Å²) in [6, 6.07) is 5.47. The third-order valence-corrected chi connectivity index (χ3v) is 7.35. The molecular formula is C24H38N4O. The minimum absolute atomic E-state index is 0.345. The minimum Gasteiger partial charge on any atom is -0.378 e. The van der Waals surface area contributed by atoms with E-state index in [4.69, 9.17) is 4.98 Å². The molecule has 1 saturated carbocycles. The lowest BCUT2D eigenvalue weighted by Gasteiger charge is -2.36. The van der Waals surface area contributed by atoms with Gasteiger partial charge in [0.2, 0.25) is 5.95 Å². The zero-order chi connectivity index (χ0) is 20.5. The third-order valence-electron chi connectivity index (χ3n) is 7.35. The van der Waals surface area contributed by atoms with Gasteiger partial charge in [-0.1, -0.05) is 19.8 Å². The van der Waals surface area contributed by atoms with Gasteiger partial charge < -0.3 is 14.6 Å². The normalized spacial score (nSPS) is 21.2. The molecule has 1 aromatic heterocycles. The predicted octanol–water partition coefficient (Wildman–Crippen LogP) is 4.69. The molecule has 5 heteroatoms. The SMILES string of the molecule is CCC(C)n1c(N2CCC(C(O)NC3CCCC3)CC2)nc2cc(C)c(C)cc21. The molecule has 1 aromatic carbocycles. The van der Waals surface area contributed by atoms with Gasteiger partial charge in [-0.3, -0.25) is 5.32 Å². The molecule has 2 unspecified atom stereocenters. The molecule has 2 aliphatic rings. The summed E-state index contributed by atoms with van der Waals surface area (Å²) in [5.74, 6) is 1.45. The Kier molecular flexibility index (Phi) is 6.16. The van der Waals surface area contributed by atoms with Crippen LogP contribution in [0.4, 0.5) is 5.95 Å². The van der Waals surface area contributed by atoms with Gasteiger partial charge >= 0.3 is 0 Å². The summed E-state index contributed by atoms with van der Waals surface area (Å²) in [5, 5.41) is 14.2. The molecule has 0 spiro atoms. The molecule has 2 atom stereocenters. The number of anilines is 1. The van der Waals surface area contributed by atoms with Crippen LogP contribution in [-0.2, 0) is 0 Å². The zero-order valence-corrected chi connectivity index (χ0v) is 18.6. The maximum atomic E-state index is 10.7. The van der Waals surface area contributed by atoms with Crippen LogP contribution in [0.5, 0.6) is 0 Å². The lowest BCUT2D eigenvalue weighted by atomic mass is 9.94. The van der Waals surface area contributed by atoms with Gasteiger partial charge in [0, 0.05) is 31.1 Å². The number of imidazole rings is 1. The highest BCUT2D eigenvalue weighted by Gasteiger charge is 2.30. The van der Waals surface area contributed by atoms with Crippen molar-refractivity contribution in [3.8, 4) is 0 Å². The summed E-state index contributed by atoms with van der Waals surface area (Å²) in [4.78, 5) is 7.51. The van der Waals surface area contributed by atoms with Gasteiger partial charge in [-0.05, 0) is 76.1 Å². The number of nitrogens with zero attached hydrogens (tertiary/aromatic N) is 3. The Morgan fingerprint density at radius 2 is 1.76 bits per heavy atom. The summed E-state index contributed by atoms with van der Waals surface area (Å²) >= 11 is 0. The average molecular weight is 399 g/mol. The quantitative estimate of drug-likeness (QED) is 0.693. The number of aryl methyl sites for hydroxylation is 2. The van der Waals surface area contributed by atoms with Crippen molar-refractivity contribution in [2.45, 2.75) is 91.0 Å². The first-order valence-electron chi connectivity index (χ1n) is 11.7. The van der Waals surface area contributed by atoms with Crippen LogP contribution in [0.1, 0.15) is 76.0 Å². The number of nitrogens with one attached hydrogen (secondary N) is 1. The first-order chi connectivity index (χ1) is 14.0. The monoisotopic (exact) mass is 398 g/mol. The van der Waals surface area contributed by atoms with E-state index >= 15 is 0 Å². The number of aromatic nitrogens is 2. The van der Waals surface area contributed by atoms with Gasteiger partial charge in [-0.15, -0.1) is 0 Å². The number of hydrogen-bond acceptors (Lipinski definition) is 4. The second-order valence-electron chi connectivity index (χ2n) is 9.38. The van der Waals surface area contributed by atoms with Gasteiger partial charge in [0.1, 0.15) is 6.23 Å². The fraction of sp³-hybridized carbons (Fsp3) is 0.708. The van der Waals surface area contributed by atoms with Crippen molar-refractivity contribution in [3.63, 3.8) is 0 Å². The Balaban J connectivity index is 1.51. The van der Waals surface area contributed by atoms with Crippen LogP contribution < -0.4 is 10.2 Å². The summed E-state index contributed by atoms with van der Waals surface area (Å²) in [7, 11) is 0. The predicted molar refractivity (Wildman–Crippen MR) is 121 cm³/mol. The molecule has 5 nitrogen and oxygen atoms in total. The van der Waals surface area contributed by atoms with Crippen LogP contribution in [0.3, 0.4) is 0 Å². The molecule has 160 valence electrons. The van der Waals surface area contributed by atoms with Crippen LogP contribution in [0.25, 0.3) is 11.0 Å². The highest BCUT2D eigenvalue weighted by molar-refractivity contribution is 5.81. The second kappa shape index (κ2) is 8.65. The number of rotatable bonds is 6. The number of aliphatic hydroxyl groups is 1. The fourth-order valence-electron chi connectivity index (χ4n) is 5.06. The van der Waals surface area contributed by atoms with Crippen molar-refractivity contribution in [2.75, 3.05) is 18.0 Å². The van der Waals surface area contributed by atoms with E-state index in [1.54, 1.807) is 0 Å². The zero-order valence-electron chi connectivity index (χ0n) is 18.6. The molecule has 0 radical (unpaired) electrons. The molecule has 1 saturated heterocycles. The molecule has 1 aliphatic carbocycles. The summed E-state index contributed by atoms with van der Waals surface area (Å²) in [6.45, 7) is 10.8. The van der Waals surface area contributed by atoms with E-state index in [9.17, 15) is 5.11 Å². The number of aliphatic hydroxyl groups excluding tert-OH is 1. The van der Waals surface area contributed by atoms with Crippen molar-refractivity contribution in [2.24, 2.45) is 5.92 Å². The van der Waals surface area contributed by atoms with E-state index in [1.807, 2.05) is 0 Å². The first-order valence-corrected chi connectivity index (χ1v) is 11.7. The van der Waals surface area contributed by atoms with E-state index in [0.717, 1.165) is 43.8 Å². The molecule has 0 amide bonds. The van der Waals surface area contributed by atoms with Crippen molar-refractivity contribution in [1.29, 1.82) is 0 Å². The average Bonchev–Trinajstić information content (AvgIpc) is 3.35. The molecule has 2 fully saturated rings. The highest BCUT2D eigenvalue weighted by atomic mass is 16.3. The van der Waals surface area contributed by atoms with Crippen molar-refractivity contribution in [1.82, 2.24) is 14.9 Å². The van der Waals surface area contributed by atoms with Crippen LogP contribution >= 0.6 is 0 Å². The Hall–Kier alpha value is -1.59. The maximum absolute atomic E-state index is 10.7. The number of benzene rings is 1. The highest BCUT2D eigenvalue weighted by Crippen LogP contribution is 2.33. The molecule has 2 N–H and O–H groups in total. The molecule has 0 bridgehead atoms. The molecule has 1 aliphatic heterocycles. The third kappa shape index (κ3) is 4.17. The Labute approximate surface area is 175 Å². The molecule has 29 heavy (non-hydrogen) atoms. The van der Waals surface area contributed by atoms with Gasteiger partial charge in [-0.2, -0.15) is 0 Å². The molecule has 2 aromatic rings. The topological polar surface area (TPSA) is 53.3 Å². The Bertz CT molecular complexity index is 831. The standard InChI is InChI=1S/C24H38N4O/c1-5-18(4)28-22-15-17(3)16(2)14-21(22)26-24(28)27-12-10-19(11-13-27)23(29)25-20-8-6-7-9-20/h14-15,18-20,23,25,29H,5-13H2,1-4H3. The van der Waals surface area contributed by atoms with Crippen LogP contribution in [0.15, 0.2) is 12.1 Å². The van der Waals surface area contributed by atoms with Crippen molar-refractivity contribution < 1.29 is 5.11 Å². The fourth-order valence-corrected chi connectivity index (χ4v) is 5.06. The van der Waals surface area contributed by atoms with Gasteiger partial charge in [0.15, 0.2) is 0 Å². The van der Waals surface area contributed by atoms with Crippen LogP contribution in [0, 0.1) is 19.8 Å². The lowest BCUT2D eigenvalue weighted by molar-refractivity contribution is 0.0512. The molecular weight excluding hydrogens is 360 g/mol. The van der Waals surface area contributed by atoms with Crippen molar-refractivity contribution in [3.05, 3.63) is 23.3 Å². The summed E-state index contributed by atoms with van der Waals surface area (Å²) in [6.07, 6.45) is 7.79. The van der Waals surface area contributed by atoms with Gasteiger partial charge in [0.05, 0.1) is 11.0 Å². The van der Waals surface area contributed by atoms with E-state index in [1.165, 1.54) is 42.3 Å². The molecule has 2 heterocycles. The number of piperidine rings is 1. The number of fused-ring (bicyclic) bond motifs is 1. The summed E-state index contributed by atoms with van der Waals surface area (Å²) in [5.41, 5.74) is 4.99. The lowest BCUT2D eigenvalue weighted by Crippen LogP contribution is -2.46. The largest absolute Gasteiger partial charge is 0.378 e.